The molecule has 1 aliphatic heterocycles. The first-order chi connectivity index (χ1) is 15.2. The van der Waals surface area contributed by atoms with E-state index in [1.165, 1.54) is 17.4 Å². The Morgan fingerprint density at radius 3 is 2.75 bits per heavy atom. The fourth-order valence-electron chi connectivity index (χ4n) is 3.70. The van der Waals surface area contributed by atoms with E-state index in [0.717, 1.165) is 16.7 Å². The van der Waals surface area contributed by atoms with Crippen LogP contribution >= 0.6 is 11.3 Å². The van der Waals surface area contributed by atoms with Gasteiger partial charge in [-0.15, -0.1) is 11.3 Å². The van der Waals surface area contributed by atoms with E-state index in [4.69, 9.17) is 5.73 Å². The molecule has 166 valence electrons. The zero-order valence-electron chi connectivity index (χ0n) is 17.3. The molecule has 1 amide bonds. The highest BCUT2D eigenvalue weighted by Crippen LogP contribution is 2.41. The van der Waals surface area contributed by atoms with Gasteiger partial charge in [-0.3, -0.25) is 9.79 Å². The second kappa shape index (κ2) is 9.40. The van der Waals surface area contributed by atoms with E-state index < -0.39 is 17.8 Å². The predicted octanol–water partition coefficient (Wildman–Crippen LogP) is 4.60. The van der Waals surface area contributed by atoms with E-state index in [0.29, 0.717) is 23.5 Å². The number of rotatable bonds is 5. The molecule has 0 saturated heterocycles. The molecule has 0 bridgehead atoms. The maximum atomic E-state index is 13.5. The highest BCUT2D eigenvalue weighted by atomic mass is 32.1. The number of benzene rings is 1. The average Bonchev–Trinajstić information content (AvgIpc) is 3.21. The van der Waals surface area contributed by atoms with E-state index in [-0.39, 0.29) is 23.6 Å². The number of amides is 1. The van der Waals surface area contributed by atoms with Crippen LogP contribution in [0.1, 0.15) is 39.3 Å². The molecule has 1 aromatic heterocycles. The Hall–Kier alpha value is -3.38. The van der Waals surface area contributed by atoms with Crippen molar-refractivity contribution in [3.05, 3.63) is 75.1 Å². The third-order valence-corrected chi connectivity index (χ3v) is 6.22. The lowest BCUT2D eigenvalue weighted by Crippen LogP contribution is -2.37. The van der Waals surface area contributed by atoms with Gasteiger partial charge in [0.15, 0.2) is 0 Å². The Morgan fingerprint density at radius 1 is 1.41 bits per heavy atom. The number of carbonyl (C=O) groups is 1. The first kappa shape index (κ1) is 23.3. The summed E-state index contributed by atoms with van der Waals surface area (Å²) in [7, 11) is 0. The molecule has 2 aromatic rings. The van der Waals surface area contributed by atoms with Crippen molar-refractivity contribution in [2.45, 2.75) is 25.6 Å². The van der Waals surface area contributed by atoms with Crippen LogP contribution in [-0.2, 0) is 11.3 Å². The van der Waals surface area contributed by atoms with Crippen molar-refractivity contribution >= 4 is 29.0 Å². The maximum Gasteiger partial charge on any atom is 0.431 e. The van der Waals surface area contributed by atoms with Crippen molar-refractivity contribution in [2.24, 2.45) is 10.7 Å². The highest BCUT2D eigenvalue weighted by Gasteiger charge is 2.36. The van der Waals surface area contributed by atoms with Gasteiger partial charge >= 0.3 is 6.18 Å². The fourth-order valence-corrected chi connectivity index (χ4v) is 4.74. The molecule has 9 heteroatoms. The molecule has 0 saturated carbocycles. The second-order valence-corrected chi connectivity index (χ2v) is 8.25. The number of hydrogen-bond donors (Lipinski definition) is 1. The quantitative estimate of drug-likeness (QED) is 0.525. The van der Waals surface area contributed by atoms with E-state index in [9.17, 15) is 23.2 Å². The minimum Gasteiger partial charge on any atom is -0.394 e. The van der Waals surface area contributed by atoms with Crippen molar-refractivity contribution in [1.29, 1.82) is 5.26 Å². The monoisotopic (exact) mass is 458 g/mol. The Morgan fingerprint density at radius 2 is 2.12 bits per heavy atom. The number of nitrogens with zero attached hydrogens (tertiary/aromatic N) is 3. The lowest BCUT2D eigenvalue weighted by atomic mass is 9.83. The van der Waals surface area contributed by atoms with Crippen molar-refractivity contribution in [1.82, 2.24) is 4.90 Å². The number of hydrogen-bond acceptors (Lipinski definition) is 5. The van der Waals surface area contributed by atoms with Crippen LogP contribution in [0.3, 0.4) is 0 Å². The Bertz CT molecular complexity index is 1140. The first-order valence-electron chi connectivity index (χ1n) is 9.81. The predicted molar refractivity (Wildman–Crippen MR) is 119 cm³/mol. The summed E-state index contributed by atoms with van der Waals surface area (Å²) in [4.78, 5) is 19.3. The zero-order valence-corrected chi connectivity index (χ0v) is 18.1. The van der Waals surface area contributed by atoms with Gasteiger partial charge in [0.05, 0.1) is 6.54 Å². The molecule has 32 heavy (non-hydrogen) atoms. The summed E-state index contributed by atoms with van der Waals surface area (Å²) in [5.74, 6) is -0.730. The van der Waals surface area contributed by atoms with Gasteiger partial charge in [-0.1, -0.05) is 30.8 Å². The van der Waals surface area contributed by atoms with Gasteiger partial charge in [0, 0.05) is 35.7 Å². The second-order valence-electron chi connectivity index (χ2n) is 7.12. The molecule has 0 aliphatic carbocycles. The number of nitriles is 1. The summed E-state index contributed by atoms with van der Waals surface area (Å²) in [5.41, 5.74) is 5.75. The van der Waals surface area contributed by atoms with E-state index in [1.807, 2.05) is 0 Å². The summed E-state index contributed by atoms with van der Waals surface area (Å²) < 4.78 is 40.6. The molecule has 0 fully saturated rings. The Kier molecular flexibility index (Phi) is 6.84. The first-order valence-corrected chi connectivity index (χ1v) is 10.6. The Balaban J connectivity index is 2.24. The van der Waals surface area contributed by atoms with E-state index in [2.05, 4.69) is 17.6 Å². The van der Waals surface area contributed by atoms with Crippen LogP contribution in [0.15, 0.2) is 53.7 Å². The van der Waals surface area contributed by atoms with Gasteiger partial charge in [0.2, 0.25) is 5.91 Å². The number of allylic oxidation sites excluding steroid dienone is 2. The molecular weight excluding hydrogens is 437 g/mol. The summed E-state index contributed by atoms with van der Waals surface area (Å²) in [5, 5.41) is 9.36. The summed E-state index contributed by atoms with van der Waals surface area (Å²) in [6.45, 7) is 6.09. The van der Waals surface area contributed by atoms with Gasteiger partial charge in [0.25, 0.3) is 0 Å². The Labute approximate surface area is 188 Å². The molecule has 2 N–H and O–H groups in total. The van der Waals surface area contributed by atoms with Crippen molar-refractivity contribution < 1.29 is 18.0 Å². The number of aliphatic imine (C=N–C) groups is 1. The van der Waals surface area contributed by atoms with Crippen molar-refractivity contribution in [3.8, 4) is 6.07 Å². The van der Waals surface area contributed by atoms with Gasteiger partial charge in [-0.2, -0.15) is 18.4 Å². The summed E-state index contributed by atoms with van der Waals surface area (Å²) in [6.07, 6.45) is -2.39. The maximum absolute atomic E-state index is 13.5. The number of alkyl halides is 3. The highest BCUT2D eigenvalue weighted by molar-refractivity contribution is 7.12. The minimum atomic E-state index is -4.73. The SMILES string of the molecule is C=CC(=O)N1Cc2sc(C#N)cc2[C@H](c2ccccc2C(C=NCC)=C(N)C(F)(F)F)C1. The third-order valence-electron chi connectivity index (χ3n) is 5.18. The lowest BCUT2D eigenvalue weighted by molar-refractivity contribution is -0.127. The molecule has 0 spiro atoms. The minimum absolute atomic E-state index is 0.223. The lowest BCUT2D eigenvalue weighted by Gasteiger charge is -2.33. The summed E-state index contributed by atoms with van der Waals surface area (Å²) >= 11 is 1.27. The van der Waals surface area contributed by atoms with Crippen LogP contribution in [-0.4, -0.2) is 36.3 Å². The zero-order chi connectivity index (χ0) is 23.5. The van der Waals surface area contributed by atoms with Crippen LogP contribution in [0.25, 0.3) is 5.57 Å². The van der Waals surface area contributed by atoms with Crippen LogP contribution in [0, 0.1) is 11.3 Å². The molecule has 5 nitrogen and oxygen atoms in total. The van der Waals surface area contributed by atoms with E-state index >= 15 is 0 Å². The molecule has 3 rings (SSSR count). The summed E-state index contributed by atoms with van der Waals surface area (Å²) in [6, 6.07) is 10.5. The number of halogens is 3. The normalized spacial score (nSPS) is 17.0. The van der Waals surface area contributed by atoms with Crippen LogP contribution < -0.4 is 5.73 Å². The van der Waals surface area contributed by atoms with Gasteiger partial charge in [-0.05, 0) is 35.8 Å². The smallest absolute Gasteiger partial charge is 0.394 e. The van der Waals surface area contributed by atoms with Crippen LogP contribution in [0.2, 0.25) is 0 Å². The number of thiophene rings is 1. The fraction of sp³-hybridized carbons (Fsp3) is 0.261. The topological polar surface area (TPSA) is 82.5 Å². The number of carbonyl (C=O) groups excluding carboxylic acids is 1. The molecule has 0 radical (unpaired) electrons. The molecule has 1 atom stereocenters. The third kappa shape index (κ3) is 4.60. The van der Waals surface area contributed by atoms with Crippen molar-refractivity contribution in [2.75, 3.05) is 13.1 Å². The van der Waals surface area contributed by atoms with Gasteiger partial charge in [0.1, 0.15) is 16.6 Å². The van der Waals surface area contributed by atoms with Gasteiger partial charge in [-0.25, -0.2) is 0 Å². The molecule has 0 unspecified atom stereocenters. The molecule has 1 aliphatic rings. The largest absolute Gasteiger partial charge is 0.431 e. The van der Waals surface area contributed by atoms with Gasteiger partial charge < -0.3 is 10.6 Å². The van der Waals surface area contributed by atoms with Crippen molar-refractivity contribution in [3.63, 3.8) is 0 Å². The van der Waals surface area contributed by atoms with E-state index in [1.54, 1.807) is 42.2 Å². The molecular formula is C23H21F3N4OS. The molecule has 1 aromatic carbocycles. The number of fused-ring (bicyclic) bond motifs is 1. The standard InChI is InChI=1S/C23H21F3N4OS/c1-3-21(31)30-12-19(17-9-14(10-27)32-20(17)13-30)16-8-6-5-7-15(16)18(11-29-4-2)22(28)23(24,25)26/h3,5-9,11,19H,1,4,12-13,28H2,2H3/t19-/m0/s1. The van der Waals surface area contributed by atoms with Crippen LogP contribution in [0.4, 0.5) is 13.2 Å². The molecule has 2 heterocycles. The van der Waals surface area contributed by atoms with Crippen LogP contribution in [0.5, 0.6) is 0 Å². The number of nitrogens with two attached hydrogens (primary N) is 1. The average molecular weight is 459 g/mol.